The van der Waals surface area contributed by atoms with E-state index in [-0.39, 0.29) is 0 Å². The molecule has 1 atom stereocenters. The van der Waals surface area contributed by atoms with Gasteiger partial charge in [0.05, 0.1) is 0 Å². The van der Waals surface area contributed by atoms with Crippen LogP contribution in [0.1, 0.15) is 16.7 Å². The Kier molecular flexibility index (Phi) is 4.72. The summed E-state index contributed by atoms with van der Waals surface area (Å²) in [5.74, 6) is 0. The molecule has 0 N–H and O–H groups in total. The fraction of sp³-hybridized carbons (Fsp3) is 0.0556. The van der Waals surface area contributed by atoms with Crippen LogP contribution in [0.25, 0.3) is 32.3 Å². The normalized spacial score (nSPS) is 18.8. The SMILES string of the molecule is C[Si]1(C)C2=C(c3ccccc31)c1c(ccc3ccccc13)P(=O)(c1ccc3ccccc3c1)c1ccccc12. The zero-order valence-electron chi connectivity index (χ0n) is 22.0. The highest BCUT2D eigenvalue weighted by Crippen LogP contribution is 2.55. The second kappa shape index (κ2) is 8.02. The Morgan fingerprint density at radius 3 is 2.05 bits per heavy atom. The Morgan fingerprint density at radius 1 is 0.564 bits per heavy atom. The topological polar surface area (TPSA) is 17.1 Å². The number of hydrogen-bond acceptors (Lipinski definition) is 1. The molecule has 186 valence electrons. The van der Waals surface area contributed by atoms with Gasteiger partial charge in [-0.05, 0) is 60.8 Å². The lowest BCUT2D eigenvalue weighted by Crippen LogP contribution is -2.42. The van der Waals surface area contributed by atoms with E-state index in [1.165, 1.54) is 32.3 Å². The summed E-state index contributed by atoms with van der Waals surface area (Å²) >= 11 is 0. The molecule has 0 aliphatic carbocycles. The van der Waals surface area contributed by atoms with Crippen molar-refractivity contribution in [2.24, 2.45) is 0 Å². The Hall–Kier alpha value is -3.97. The average Bonchev–Trinajstić information content (AvgIpc) is 3.15. The summed E-state index contributed by atoms with van der Waals surface area (Å²) in [6.07, 6.45) is 0. The van der Waals surface area contributed by atoms with Gasteiger partial charge in [-0.15, -0.1) is 0 Å². The van der Waals surface area contributed by atoms with Crippen LogP contribution >= 0.6 is 7.14 Å². The molecule has 1 unspecified atom stereocenters. The molecule has 6 aromatic carbocycles. The molecule has 3 heteroatoms. The maximum absolute atomic E-state index is 16.1. The van der Waals surface area contributed by atoms with Crippen LogP contribution in [0.3, 0.4) is 0 Å². The number of benzene rings is 6. The van der Waals surface area contributed by atoms with Gasteiger partial charge in [0.1, 0.15) is 8.07 Å². The first-order chi connectivity index (χ1) is 19.0. The van der Waals surface area contributed by atoms with Gasteiger partial charge in [-0.1, -0.05) is 128 Å². The molecule has 6 aromatic rings. The summed E-state index contributed by atoms with van der Waals surface area (Å²) in [7, 11) is -5.35. The molecule has 0 spiro atoms. The minimum absolute atomic E-state index is 0.902. The molecule has 1 nitrogen and oxygen atoms in total. The molecule has 2 aliphatic heterocycles. The molecule has 0 amide bonds. The van der Waals surface area contributed by atoms with Crippen LogP contribution in [0, 0.1) is 0 Å². The summed E-state index contributed by atoms with van der Waals surface area (Å²) < 4.78 is 16.1. The lowest BCUT2D eigenvalue weighted by molar-refractivity contribution is 0.592. The van der Waals surface area contributed by atoms with E-state index in [9.17, 15) is 0 Å². The van der Waals surface area contributed by atoms with Crippen LogP contribution in [-0.4, -0.2) is 8.07 Å². The van der Waals surface area contributed by atoms with Crippen molar-refractivity contribution in [2.45, 2.75) is 13.1 Å². The van der Waals surface area contributed by atoms with Gasteiger partial charge >= 0.3 is 0 Å². The Labute approximate surface area is 229 Å². The molecule has 8 rings (SSSR count). The third-order valence-electron chi connectivity index (χ3n) is 8.85. The van der Waals surface area contributed by atoms with Crippen LogP contribution in [0.2, 0.25) is 13.1 Å². The van der Waals surface area contributed by atoms with Gasteiger partial charge in [-0.2, -0.15) is 0 Å². The van der Waals surface area contributed by atoms with E-state index in [1.807, 2.05) is 0 Å². The van der Waals surface area contributed by atoms with Crippen LogP contribution in [0.4, 0.5) is 0 Å². The quantitative estimate of drug-likeness (QED) is 0.159. The third-order valence-corrected chi connectivity index (χ3v) is 15.5. The molecule has 2 aliphatic rings. The van der Waals surface area contributed by atoms with E-state index < -0.39 is 15.2 Å². The van der Waals surface area contributed by atoms with Crippen LogP contribution < -0.4 is 21.1 Å². The van der Waals surface area contributed by atoms with Crippen LogP contribution in [0.5, 0.6) is 0 Å². The zero-order valence-corrected chi connectivity index (χ0v) is 23.9. The maximum atomic E-state index is 16.1. The first-order valence-electron chi connectivity index (χ1n) is 13.6. The Morgan fingerprint density at radius 2 is 1.21 bits per heavy atom. The van der Waals surface area contributed by atoms with Crippen molar-refractivity contribution >= 4 is 68.6 Å². The Balaban J connectivity index is 1.60. The van der Waals surface area contributed by atoms with E-state index in [1.54, 1.807) is 0 Å². The average molecular weight is 535 g/mol. The van der Waals surface area contributed by atoms with E-state index >= 15 is 4.57 Å². The molecular weight excluding hydrogens is 507 g/mol. The van der Waals surface area contributed by atoms with Crippen molar-refractivity contribution in [2.75, 3.05) is 0 Å². The summed E-state index contributed by atoms with van der Waals surface area (Å²) in [5.41, 5.74) is 4.92. The molecule has 0 radical (unpaired) electrons. The second-order valence-corrected chi connectivity index (χ2v) is 18.2. The lowest BCUT2D eigenvalue weighted by Gasteiger charge is -2.27. The molecule has 0 saturated carbocycles. The summed E-state index contributed by atoms with van der Waals surface area (Å²) in [6, 6.07) is 45.2. The molecule has 0 saturated heterocycles. The maximum Gasteiger partial charge on any atom is 0.172 e. The highest BCUT2D eigenvalue weighted by molar-refractivity contribution is 7.85. The van der Waals surface area contributed by atoms with Crippen molar-refractivity contribution in [3.63, 3.8) is 0 Å². The predicted molar refractivity (Wildman–Crippen MR) is 170 cm³/mol. The molecule has 2 heterocycles. The Bertz CT molecular complexity index is 2080. The molecule has 0 aromatic heterocycles. The van der Waals surface area contributed by atoms with Gasteiger partial charge in [0.15, 0.2) is 7.14 Å². The lowest BCUT2D eigenvalue weighted by atomic mass is 9.91. The van der Waals surface area contributed by atoms with E-state index in [0.717, 1.165) is 37.8 Å². The smallest absolute Gasteiger partial charge is 0.172 e. The fourth-order valence-electron chi connectivity index (χ4n) is 7.08. The van der Waals surface area contributed by atoms with Gasteiger partial charge in [0.25, 0.3) is 0 Å². The van der Waals surface area contributed by atoms with Crippen molar-refractivity contribution in [3.8, 4) is 0 Å². The van der Waals surface area contributed by atoms with Crippen molar-refractivity contribution in [1.82, 2.24) is 0 Å². The fourth-order valence-corrected chi connectivity index (χ4v) is 13.7. The summed E-state index contributed by atoms with van der Waals surface area (Å²) in [4.78, 5) is 0. The minimum Gasteiger partial charge on any atom is -0.309 e. The summed E-state index contributed by atoms with van der Waals surface area (Å²) in [6.45, 7) is 4.92. The van der Waals surface area contributed by atoms with E-state index in [2.05, 4.69) is 140 Å². The van der Waals surface area contributed by atoms with Gasteiger partial charge < -0.3 is 4.57 Å². The monoisotopic (exact) mass is 534 g/mol. The highest BCUT2D eigenvalue weighted by atomic mass is 31.2. The second-order valence-electron chi connectivity index (χ2n) is 11.3. The van der Waals surface area contributed by atoms with Crippen molar-refractivity contribution < 1.29 is 4.57 Å². The van der Waals surface area contributed by atoms with Crippen molar-refractivity contribution in [3.05, 3.63) is 144 Å². The summed E-state index contributed by atoms with van der Waals surface area (Å²) in [5, 5.41) is 10.3. The first-order valence-corrected chi connectivity index (χ1v) is 18.3. The number of fused-ring (bicyclic) bond motifs is 9. The van der Waals surface area contributed by atoms with Crippen LogP contribution in [0.15, 0.2) is 127 Å². The standard InChI is InChI=1S/C36H27OPSi/c1-39(2)33-18-10-8-16-30(33)35-34-28-14-6-5-12-25(28)20-22-32(34)38(37,31-17-9-7-15-29(31)36(35)39)27-21-19-24-11-3-4-13-26(24)23-27/h3-23H,1-2H3. The zero-order chi connectivity index (χ0) is 26.4. The van der Waals surface area contributed by atoms with Crippen molar-refractivity contribution in [1.29, 1.82) is 0 Å². The van der Waals surface area contributed by atoms with Crippen LogP contribution in [-0.2, 0) is 4.57 Å². The van der Waals surface area contributed by atoms with Gasteiger partial charge in [0.2, 0.25) is 0 Å². The molecule has 0 fully saturated rings. The number of rotatable bonds is 1. The molecule has 0 bridgehead atoms. The highest BCUT2D eigenvalue weighted by Gasteiger charge is 2.47. The van der Waals surface area contributed by atoms with E-state index in [4.69, 9.17) is 0 Å². The van der Waals surface area contributed by atoms with Gasteiger partial charge in [-0.25, -0.2) is 0 Å². The molecular formula is C36H27OPSi. The minimum atomic E-state index is -3.24. The predicted octanol–water partition coefficient (Wildman–Crippen LogP) is 7.37. The third kappa shape index (κ3) is 2.99. The van der Waals surface area contributed by atoms with E-state index in [0.29, 0.717) is 0 Å². The van der Waals surface area contributed by atoms with Gasteiger partial charge in [-0.3, -0.25) is 0 Å². The largest absolute Gasteiger partial charge is 0.309 e. The van der Waals surface area contributed by atoms with Gasteiger partial charge in [0, 0.05) is 21.5 Å². The number of hydrogen-bond donors (Lipinski definition) is 0. The molecule has 39 heavy (non-hydrogen) atoms. The first kappa shape index (κ1) is 23.0.